The zero-order valence-corrected chi connectivity index (χ0v) is 18.8. The summed E-state index contributed by atoms with van der Waals surface area (Å²) in [6, 6.07) is 10.1. The van der Waals surface area contributed by atoms with E-state index in [0.717, 1.165) is 12.1 Å². The number of methoxy groups -OCH3 is 1. The number of hydrogen-bond acceptors (Lipinski definition) is 5. The van der Waals surface area contributed by atoms with Gasteiger partial charge in [0.15, 0.2) is 0 Å². The standard InChI is InChI=1S/C24H20ClF3N2O3/c1-12-20(13(2)33-30-12)22(31)15-6-9-19-17(11-15)21(25)18(23(29-19)32-3)10-14-4-7-16(8-5-14)24(26,27)28/h4-9,11,22,31H,10H2,1-3H3. The highest BCUT2D eigenvalue weighted by Gasteiger charge is 2.30. The largest absolute Gasteiger partial charge is 0.481 e. The van der Waals surface area contributed by atoms with Crippen molar-refractivity contribution in [3.05, 3.63) is 86.8 Å². The van der Waals surface area contributed by atoms with Crippen LogP contribution in [0.2, 0.25) is 5.02 Å². The Labute approximate surface area is 192 Å². The summed E-state index contributed by atoms with van der Waals surface area (Å²) >= 11 is 6.73. The van der Waals surface area contributed by atoms with E-state index in [1.807, 2.05) is 0 Å². The van der Waals surface area contributed by atoms with Gasteiger partial charge in [-0.25, -0.2) is 4.98 Å². The molecule has 9 heteroatoms. The number of aromatic nitrogens is 2. The molecule has 4 rings (SSSR count). The van der Waals surface area contributed by atoms with Gasteiger partial charge in [0.25, 0.3) is 0 Å². The molecule has 4 aromatic rings. The van der Waals surface area contributed by atoms with Crippen molar-refractivity contribution < 1.29 is 27.5 Å². The van der Waals surface area contributed by atoms with Crippen molar-refractivity contribution in [2.75, 3.05) is 7.11 Å². The van der Waals surface area contributed by atoms with Crippen molar-refractivity contribution in [2.45, 2.75) is 32.5 Å². The van der Waals surface area contributed by atoms with E-state index in [-0.39, 0.29) is 12.3 Å². The zero-order valence-electron chi connectivity index (χ0n) is 18.0. The van der Waals surface area contributed by atoms with E-state index >= 15 is 0 Å². The van der Waals surface area contributed by atoms with Gasteiger partial charge < -0.3 is 14.4 Å². The summed E-state index contributed by atoms with van der Waals surface area (Å²) in [5.74, 6) is 0.800. The number of pyridine rings is 1. The number of aliphatic hydroxyl groups excluding tert-OH is 1. The number of hydrogen-bond donors (Lipinski definition) is 1. The van der Waals surface area contributed by atoms with E-state index in [2.05, 4.69) is 10.1 Å². The van der Waals surface area contributed by atoms with Crippen LogP contribution in [0.15, 0.2) is 47.0 Å². The fraction of sp³-hybridized carbons (Fsp3) is 0.250. The van der Waals surface area contributed by atoms with Crippen LogP contribution in [-0.2, 0) is 12.6 Å². The van der Waals surface area contributed by atoms with Gasteiger partial charge in [0, 0.05) is 17.4 Å². The van der Waals surface area contributed by atoms with Crippen LogP contribution in [-0.4, -0.2) is 22.4 Å². The molecule has 0 bridgehead atoms. The molecule has 1 atom stereocenters. The Hall–Kier alpha value is -3.10. The smallest absolute Gasteiger partial charge is 0.416 e. The van der Waals surface area contributed by atoms with E-state index in [1.54, 1.807) is 32.0 Å². The van der Waals surface area contributed by atoms with Gasteiger partial charge in [-0.3, -0.25) is 0 Å². The van der Waals surface area contributed by atoms with Gasteiger partial charge in [-0.2, -0.15) is 13.2 Å². The summed E-state index contributed by atoms with van der Waals surface area (Å²) in [6.45, 7) is 3.47. The number of alkyl halides is 3. The Morgan fingerprint density at radius 1 is 1.12 bits per heavy atom. The van der Waals surface area contributed by atoms with Crippen LogP contribution in [0.25, 0.3) is 10.9 Å². The lowest BCUT2D eigenvalue weighted by Crippen LogP contribution is -2.05. The average Bonchev–Trinajstić information content (AvgIpc) is 3.12. The molecule has 0 spiro atoms. The second-order valence-electron chi connectivity index (χ2n) is 7.70. The van der Waals surface area contributed by atoms with Gasteiger partial charge in [0.1, 0.15) is 11.9 Å². The van der Waals surface area contributed by atoms with E-state index in [4.69, 9.17) is 20.9 Å². The minimum atomic E-state index is -4.41. The summed E-state index contributed by atoms with van der Waals surface area (Å²) in [5.41, 5.74) is 2.73. The molecule has 33 heavy (non-hydrogen) atoms. The predicted molar refractivity (Wildman–Crippen MR) is 118 cm³/mol. The summed E-state index contributed by atoms with van der Waals surface area (Å²) in [7, 11) is 1.45. The number of nitrogens with zero attached hydrogens (tertiary/aromatic N) is 2. The van der Waals surface area contributed by atoms with Crippen LogP contribution in [0.1, 0.15) is 45.4 Å². The predicted octanol–water partition coefficient (Wildman–Crippen LogP) is 6.19. The van der Waals surface area contributed by atoms with Crippen molar-refractivity contribution in [2.24, 2.45) is 0 Å². The number of rotatable bonds is 5. The zero-order chi connectivity index (χ0) is 23.9. The maximum atomic E-state index is 12.9. The number of aliphatic hydroxyl groups is 1. The van der Waals surface area contributed by atoms with Crippen molar-refractivity contribution in [1.82, 2.24) is 10.1 Å². The molecule has 172 valence electrons. The topological polar surface area (TPSA) is 68.4 Å². The molecule has 0 aliphatic rings. The molecule has 0 saturated carbocycles. The maximum absolute atomic E-state index is 12.9. The lowest BCUT2D eigenvalue weighted by Gasteiger charge is -2.16. The highest BCUT2D eigenvalue weighted by atomic mass is 35.5. The number of fused-ring (bicyclic) bond motifs is 1. The molecule has 0 fully saturated rings. The average molecular weight is 477 g/mol. The van der Waals surface area contributed by atoms with Crippen LogP contribution in [0.3, 0.4) is 0 Å². The summed E-state index contributed by atoms with van der Waals surface area (Å²) in [6.07, 6.45) is -5.16. The van der Waals surface area contributed by atoms with E-state index in [1.165, 1.54) is 19.2 Å². The summed E-state index contributed by atoms with van der Waals surface area (Å²) in [4.78, 5) is 4.51. The van der Waals surface area contributed by atoms with Gasteiger partial charge in [-0.05, 0) is 49.2 Å². The quantitative estimate of drug-likeness (QED) is 0.372. The molecule has 0 amide bonds. The van der Waals surface area contributed by atoms with Crippen LogP contribution in [0.5, 0.6) is 5.88 Å². The molecule has 2 aromatic heterocycles. The van der Waals surface area contributed by atoms with E-state index in [0.29, 0.717) is 49.6 Å². The van der Waals surface area contributed by atoms with Crippen LogP contribution in [0.4, 0.5) is 13.2 Å². The van der Waals surface area contributed by atoms with Gasteiger partial charge in [-0.1, -0.05) is 35.0 Å². The number of ether oxygens (including phenoxy) is 1. The molecular formula is C24H20ClF3N2O3. The third-order valence-electron chi connectivity index (χ3n) is 5.54. The first-order valence-electron chi connectivity index (χ1n) is 10.0. The lowest BCUT2D eigenvalue weighted by atomic mass is 9.97. The highest BCUT2D eigenvalue weighted by molar-refractivity contribution is 6.36. The summed E-state index contributed by atoms with van der Waals surface area (Å²) < 4.78 is 49.2. The summed E-state index contributed by atoms with van der Waals surface area (Å²) in [5, 5.41) is 15.7. The van der Waals surface area contributed by atoms with Gasteiger partial charge in [-0.15, -0.1) is 0 Å². The Balaban J connectivity index is 1.76. The Kier molecular flexibility index (Phi) is 6.07. The normalized spacial score (nSPS) is 12.8. The molecule has 0 aliphatic heterocycles. The molecule has 1 N–H and O–H groups in total. The molecule has 5 nitrogen and oxygen atoms in total. The van der Waals surface area contributed by atoms with Gasteiger partial charge >= 0.3 is 6.18 Å². The van der Waals surface area contributed by atoms with Gasteiger partial charge in [0.2, 0.25) is 5.88 Å². The molecular weight excluding hydrogens is 457 g/mol. The van der Waals surface area contributed by atoms with Crippen molar-refractivity contribution in [3.63, 3.8) is 0 Å². The van der Waals surface area contributed by atoms with Gasteiger partial charge in [0.05, 0.1) is 34.5 Å². The Bertz CT molecular complexity index is 1300. The maximum Gasteiger partial charge on any atom is 0.416 e. The number of halogens is 4. The van der Waals surface area contributed by atoms with Crippen molar-refractivity contribution in [3.8, 4) is 5.88 Å². The highest BCUT2D eigenvalue weighted by Crippen LogP contribution is 2.37. The van der Waals surface area contributed by atoms with Crippen LogP contribution in [0, 0.1) is 13.8 Å². The van der Waals surface area contributed by atoms with E-state index in [9.17, 15) is 18.3 Å². The van der Waals surface area contributed by atoms with Crippen molar-refractivity contribution >= 4 is 22.5 Å². The Morgan fingerprint density at radius 3 is 2.39 bits per heavy atom. The first-order chi connectivity index (χ1) is 15.6. The second kappa shape index (κ2) is 8.68. The molecule has 0 radical (unpaired) electrons. The molecule has 2 aromatic carbocycles. The number of aryl methyl sites for hydroxylation is 2. The first kappa shape index (κ1) is 23.1. The van der Waals surface area contributed by atoms with Crippen LogP contribution >= 0.6 is 11.6 Å². The van der Waals surface area contributed by atoms with Crippen molar-refractivity contribution in [1.29, 1.82) is 0 Å². The molecule has 0 aliphatic carbocycles. The second-order valence-corrected chi connectivity index (χ2v) is 8.08. The Morgan fingerprint density at radius 2 is 1.82 bits per heavy atom. The third kappa shape index (κ3) is 4.41. The minimum absolute atomic E-state index is 0.222. The fourth-order valence-electron chi connectivity index (χ4n) is 3.82. The fourth-order valence-corrected chi connectivity index (χ4v) is 4.11. The molecule has 2 heterocycles. The van der Waals surface area contributed by atoms with Crippen LogP contribution < -0.4 is 4.74 Å². The molecule has 0 saturated heterocycles. The van der Waals surface area contributed by atoms with E-state index < -0.39 is 17.8 Å². The SMILES string of the molecule is COc1nc2ccc(C(O)c3c(C)noc3C)cc2c(Cl)c1Cc1ccc(C(F)(F)F)cc1. The minimum Gasteiger partial charge on any atom is -0.481 e. The monoisotopic (exact) mass is 476 g/mol. The molecule has 1 unspecified atom stereocenters. The lowest BCUT2D eigenvalue weighted by molar-refractivity contribution is -0.137. The third-order valence-corrected chi connectivity index (χ3v) is 5.97. The first-order valence-corrected chi connectivity index (χ1v) is 10.4. The number of benzene rings is 2.